The summed E-state index contributed by atoms with van der Waals surface area (Å²) in [5, 5.41) is 4.97. The largest absolute Gasteiger partial charge is 0.349 e. The lowest BCUT2D eigenvalue weighted by Crippen LogP contribution is -2.46. The number of aromatic nitrogens is 2. The van der Waals surface area contributed by atoms with Crippen molar-refractivity contribution in [3.8, 4) is 0 Å². The third-order valence-corrected chi connectivity index (χ3v) is 5.31. The first-order valence-electron chi connectivity index (χ1n) is 8.63. The fourth-order valence-corrected chi connectivity index (χ4v) is 3.61. The minimum atomic E-state index is -0.422. The summed E-state index contributed by atoms with van der Waals surface area (Å²) in [5.74, 6) is 0.523. The molecule has 134 valence electrons. The zero-order chi connectivity index (χ0) is 17.8. The Labute approximate surface area is 151 Å². The number of amides is 2. The summed E-state index contributed by atoms with van der Waals surface area (Å²) in [6, 6.07) is 3.54. The van der Waals surface area contributed by atoms with Crippen LogP contribution in [0.1, 0.15) is 43.3 Å². The molecule has 2 amide bonds. The third-order valence-electron chi connectivity index (χ3n) is 4.44. The van der Waals surface area contributed by atoms with E-state index >= 15 is 0 Å². The maximum atomic E-state index is 12.7. The van der Waals surface area contributed by atoms with Gasteiger partial charge in [0, 0.05) is 17.5 Å². The minimum absolute atomic E-state index is 0.0750. The van der Waals surface area contributed by atoms with E-state index in [1.807, 2.05) is 22.1 Å². The second-order valence-electron chi connectivity index (χ2n) is 6.81. The molecule has 3 heterocycles. The Hall–Kier alpha value is -2.15. The van der Waals surface area contributed by atoms with Gasteiger partial charge in [-0.1, -0.05) is 19.9 Å². The first-order valence-corrected chi connectivity index (χ1v) is 9.51. The van der Waals surface area contributed by atoms with Crippen LogP contribution in [0.3, 0.4) is 0 Å². The molecule has 0 saturated carbocycles. The summed E-state index contributed by atoms with van der Waals surface area (Å²) >= 11 is 1.62. The smallest absolute Gasteiger partial charge is 0.245 e. The molecule has 1 aliphatic rings. The van der Waals surface area contributed by atoms with E-state index in [4.69, 9.17) is 0 Å². The normalized spacial score (nSPS) is 16.8. The number of rotatable bonds is 6. The van der Waals surface area contributed by atoms with Crippen LogP contribution in [-0.2, 0) is 22.7 Å². The molecular weight excluding hydrogens is 336 g/mol. The Kier molecular flexibility index (Phi) is 5.53. The van der Waals surface area contributed by atoms with E-state index in [9.17, 15) is 9.59 Å². The lowest BCUT2D eigenvalue weighted by atomic mass is 10.1. The molecule has 0 bridgehead atoms. The van der Waals surface area contributed by atoms with E-state index in [-0.39, 0.29) is 11.8 Å². The summed E-state index contributed by atoms with van der Waals surface area (Å²) < 4.78 is 1.88. The number of carbonyl (C=O) groups is 2. The van der Waals surface area contributed by atoms with Gasteiger partial charge in [0.05, 0.1) is 31.7 Å². The van der Waals surface area contributed by atoms with Crippen molar-refractivity contribution in [2.45, 2.75) is 45.8 Å². The first-order chi connectivity index (χ1) is 12.0. The van der Waals surface area contributed by atoms with Gasteiger partial charge in [-0.2, -0.15) is 0 Å². The van der Waals surface area contributed by atoms with Crippen LogP contribution in [0.15, 0.2) is 30.0 Å². The molecule has 1 unspecified atom stereocenters. The zero-order valence-electron chi connectivity index (χ0n) is 14.6. The highest BCUT2D eigenvalue weighted by molar-refractivity contribution is 7.09. The van der Waals surface area contributed by atoms with E-state index in [0.29, 0.717) is 32.0 Å². The van der Waals surface area contributed by atoms with Crippen LogP contribution in [-0.4, -0.2) is 32.8 Å². The number of carbonyl (C=O) groups excluding carboxylic acids is 2. The molecular formula is C18H24N4O2S. The van der Waals surface area contributed by atoms with Gasteiger partial charge in [-0.3, -0.25) is 9.59 Å². The summed E-state index contributed by atoms with van der Waals surface area (Å²) in [4.78, 5) is 32.3. The molecule has 0 aliphatic carbocycles. The van der Waals surface area contributed by atoms with Crippen molar-refractivity contribution in [1.29, 1.82) is 0 Å². The highest BCUT2D eigenvalue weighted by Crippen LogP contribution is 2.22. The molecule has 0 saturated heterocycles. The van der Waals surface area contributed by atoms with Gasteiger partial charge in [-0.15, -0.1) is 11.3 Å². The third kappa shape index (κ3) is 4.28. The highest BCUT2D eigenvalue weighted by Gasteiger charge is 2.32. The van der Waals surface area contributed by atoms with Crippen LogP contribution in [0.4, 0.5) is 0 Å². The SMILES string of the molecule is CC(C)CCC(=O)N1Cc2cncn2C(C(=O)NCc2cccs2)C1. The van der Waals surface area contributed by atoms with Gasteiger partial charge in [-0.25, -0.2) is 4.98 Å². The fraction of sp³-hybridized carbons (Fsp3) is 0.500. The quantitative estimate of drug-likeness (QED) is 0.861. The zero-order valence-corrected chi connectivity index (χ0v) is 15.5. The number of nitrogens with zero attached hydrogens (tertiary/aromatic N) is 3. The van der Waals surface area contributed by atoms with Gasteiger partial charge >= 0.3 is 0 Å². The van der Waals surface area contributed by atoms with Crippen molar-refractivity contribution in [1.82, 2.24) is 19.8 Å². The van der Waals surface area contributed by atoms with Crippen LogP contribution in [0.25, 0.3) is 0 Å². The average Bonchev–Trinajstić information content (AvgIpc) is 3.27. The molecule has 0 aromatic carbocycles. The van der Waals surface area contributed by atoms with Gasteiger partial charge in [-0.05, 0) is 23.8 Å². The molecule has 1 atom stereocenters. The summed E-state index contributed by atoms with van der Waals surface area (Å²) in [6.45, 7) is 5.65. The molecule has 25 heavy (non-hydrogen) atoms. The van der Waals surface area contributed by atoms with Crippen LogP contribution in [0.2, 0.25) is 0 Å². The number of hydrogen-bond donors (Lipinski definition) is 1. The maximum Gasteiger partial charge on any atom is 0.245 e. The van der Waals surface area contributed by atoms with Gasteiger partial charge < -0.3 is 14.8 Å². The van der Waals surface area contributed by atoms with Crippen LogP contribution >= 0.6 is 11.3 Å². The van der Waals surface area contributed by atoms with Crippen LogP contribution in [0.5, 0.6) is 0 Å². The predicted octanol–water partition coefficient (Wildman–Crippen LogP) is 2.58. The van der Waals surface area contributed by atoms with E-state index in [1.54, 1.807) is 28.8 Å². The Balaban J connectivity index is 1.67. The molecule has 0 radical (unpaired) electrons. The van der Waals surface area contributed by atoms with Crippen LogP contribution < -0.4 is 5.32 Å². The molecule has 0 fully saturated rings. The monoisotopic (exact) mass is 360 g/mol. The van der Waals surface area contributed by atoms with Crippen molar-refractivity contribution < 1.29 is 9.59 Å². The van der Waals surface area contributed by atoms with Gasteiger partial charge in [0.2, 0.25) is 11.8 Å². The van der Waals surface area contributed by atoms with E-state index < -0.39 is 6.04 Å². The predicted molar refractivity (Wildman–Crippen MR) is 96.9 cm³/mol. The molecule has 3 rings (SSSR count). The summed E-state index contributed by atoms with van der Waals surface area (Å²) in [6.07, 6.45) is 4.81. The molecule has 1 N–H and O–H groups in total. The molecule has 7 heteroatoms. The molecule has 0 spiro atoms. The summed E-state index contributed by atoms with van der Waals surface area (Å²) in [7, 11) is 0. The number of fused-ring (bicyclic) bond motifs is 1. The Bertz CT molecular complexity index is 723. The molecule has 6 nitrogen and oxygen atoms in total. The van der Waals surface area contributed by atoms with Crippen molar-refractivity contribution in [3.05, 3.63) is 40.6 Å². The first kappa shape index (κ1) is 17.7. The van der Waals surface area contributed by atoms with Crippen LogP contribution in [0, 0.1) is 5.92 Å². The number of hydrogen-bond acceptors (Lipinski definition) is 4. The van der Waals surface area contributed by atoms with Gasteiger partial charge in [0.15, 0.2) is 0 Å². The fourth-order valence-electron chi connectivity index (χ4n) is 2.97. The van der Waals surface area contributed by atoms with E-state index in [0.717, 1.165) is 17.0 Å². The van der Waals surface area contributed by atoms with Crippen molar-refractivity contribution in [2.75, 3.05) is 6.54 Å². The van der Waals surface area contributed by atoms with E-state index in [1.165, 1.54) is 0 Å². The van der Waals surface area contributed by atoms with Crippen molar-refractivity contribution in [2.24, 2.45) is 5.92 Å². The van der Waals surface area contributed by atoms with Crippen molar-refractivity contribution in [3.63, 3.8) is 0 Å². The maximum absolute atomic E-state index is 12.7. The number of imidazole rings is 1. The van der Waals surface area contributed by atoms with Gasteiger partial charge in [0.25, 0.3) is 0 Å². The van der Waals surface area contributed by atoms with Crippen molar-refractivity contribution >= 4 is 23.2 Å². The van der Waals surface area contributed by atoms with E-state index in [2.05, 4.69) is 24.1 Å². The lowest BCUT2D eigenvalue weighted by Gasteiger charge is -2.34. The second-order valence-corrected chi connectivity index (χ2v) is 7.84. The van der Waals surface area contributed by atoms with Gasteiger partial charge in [0.1, 0.15) is 6.04 Å². The number of thiophene rings is 1. The topological polar surface area (TPSA) is 67.2 Å². The Morgan fingerprint density at radius 3 is 3.00 bits per heavy atom. The molecule has 2 aromatic rings. The second kappa shape index (κ2) is 7.82. The number of nitrogens with one attached hydrogen (secondary N) is 1. The molecule has 2 aromatic heterocycles. The average molecular weight is 360 g/mol. The highest BCUT2D eigenvalue weighted by atomic mass is 32.1. The Morgan fingerprint density at radius 1 is 1.44 bits per heavy atom. The minimum Gasteiger partial charge on any atom is -0.349 e. The molecule has 1 aliphatic heterocycles. The lowest BCUT2D eigenvalue weighted by molar-refractivity contribution is -0.135. The standard InChI is InChI=1S/C18H24N4O2S/c1-13(2)5-6-17(23)21-10-14-8-19-12-22(14)16(11-21)18(24)20-9-15-4-3-7-25-15/h3-4,7-8,12-13,16H,5-6,9-11H2,1-2H3,(H,20,24). The Morgan fingerprint density at radius 2 is 2.28 bits per heavy atom. The summed E-state index contributed by atoms with van der Waals surface area (Å²) in [5.41, 5.74) is 0.903.